The predicted octanol–water partition coefficient (Wildman–Crippen LogP) is 2.21. The minimum absolute atomic E-state index is 0.408. The van der Waals surface area contributed by atoms with Gasteiger partial charge in [-0.25, -0.2) is 9.97 Å². The van der Waals surface area contributed by atoms with Gasteiger partial charge in [-0.15, -0.1) is 0 Å². The van der Waals surface area contributed by atoms with Gasteiger partial charge >= 0.3 is 0 Å². The van der Waals surface area contributed by atoms with Gasteiger partial charge in [0, 0.05) is 25.2 Å². The van der Waals surface area contributed by atoms with Crippen molar-refractivity contribution in [1.82, 2.24) is 9.97 Å². The summed E-state index contributed by atoms with van der Waals surface area (Å²) in [5.74, 6) is 1.59. The van der Waals surface area contributed by atoms with Crippen molar-refractivity contribution >= 4 is 5.95 Å². The number of nitrogens with zero attached hydrogens (tertiary/aromatic N) is 3. The summed E-state index contributed by atoms with van der Waals surface area (Å²) in [5, 5.41) is 0. The number of methoxy groups -OCH3 is 1. The van der Waals surface area contributed by atoms with E-state index in [1.165, 1.54) is 12.8 Å². The Morgan fingerprint density at radius 3 is 2.67 bits per heavy atom. The molecule has 0 radical (unpaired) electrons. The maximum atomic E-state index is 5.79. The molecule has 1 aromatic carbocycles. The highest BCUT2D eigenvalue weighted by molar-refractivity contribution is 5.68. The molecule has 0 amide bonds. The SMILES string of the molecule is COc1ccccc1-c1cc(CN)nc(N2CCCC2)n1. The second-order valence-electron chi connectivity index (χ2n) is 5.14. The van der Waals surface area contributed by atoms with Crippen LogP contribution < -0.4 is 15.4 Å². The van der Waals surface area contributed by atoms with Crippen LogP contribution in [-0.2, 0) is 6.54 Å². The van der Waals surface area contributed by atoms with Crippen LogP contribution in [0.3, 0.4) is 0 Å². The summed E-state index contributed by atoms with van der Waals surface area (Å²) in [6.45, 7) is 2.43. The van der Waals surface area contributed by atoms with Crippen molar-refractivity contribution in [3.63, 3.8) is 0 Å². The number of nitrogens with two attached hydrogens (primary N) is 1. The molecule has 5 heteroatoms. The summed E-state index contributed by atoms with van der Waals surface area (Å²) < 4.78 is 5.43. The van der Waals surface area contributed by atoms with Crippen molar-refractivity contribution in [2.75, 3.05) is 25.1 Å². The van der Waals surface area contributed by atoms with E-state index in [2.05, 4.69) is 9.88 Å². The maximum Gasteiger partial charge on any atom is 0.226 e. The van der Waals surface area contributed by atoms with Gasteiger partial charge in [-0.3, -0.25) is 0 Å². The summed E-state index contributed by atoms with van der Waals surface area (Å²) in [6.07, 6.45) is 2.39. The molecule has 1 aliphatic rings. The Hall–Kier alpha value is -2.14. The fourth-order valence-corrected chi connectivity index (χ4v) is 2.64. The molecule has 5 nitrogen and oxygen atoms in total. The number of hydrogen-bond donors (Lipinski definition) is 1. The summed E-state index contributed by atoms with van der Waals surface area (Å²) in [4.78, 5) is 11.5. The maximum absolute atomic E-state index is 5.79. The minimum Gasteiger partial charge on any atom is -0.496 e. The third-order valence-electron chi connectivity index (χ3n) is 3.75. The predicted molar refractivity (Wildman–Crippen MR) is 83.4 cm³/mol. The second kappa shape index (κ2) is 6.10. The largest absolute Gasteiger partial charge is 0.496 e. The van der Waals surface area contributed by atoms with Gasteiger partial charge in [0.05, 0.1) is 18.5 Å². The Morgan fingerprint density at radius 1 is 1.19 bits per heavy atom. The van der Waals surface area contributed by atoms with Gasteiger partial charge in [-0.2, -0.15) is 0 Å². The van der Waals surface area contributed by atoms with Gasteiger partial charge in [-0.1, -0.05) is 12.1 Å². The lowest BCUT2D eigenvalue weighted by Gasteiger charge is -2.17. The fourth-order valence-electron chi connectivity index (χ4n) is 2.64. The number of ether oxygens (including phenoxy) is 1. The third kappa shape index (κ3) is 2.83. The smallest absolute Gasteiger partial charge is 0.226 e. The first-order chi connectivity index (χ1) is 10.3. The van der Waals surface area contributed by atoms with Gasteiger partial charge in [0.2, 0.25) is 5.95 Å². The molecule has 0 bridgehead atoms. The van der Waals surface area contributed by atoms with Crippen LogP contribution in [-0.4, -0.2) is 30.2 Å². The molecule has 0 aliphatic carbocycles. The fraction of sp³-hybridized carbons (Fsp3) is 0.375. The number of anilines is 1. The third-order valence-corrected chi connectivity index (χ3v) is 3.75. The van der Waals surface area contributed by atoms with Crippen LogP contribution in [0.15, 0.2) is 30.3 Å². The summed E-state index contributed by atoms with van der Waals surface area (Å²) in [7, 11) is 1.67. The van der Waals surface area contributed by atoms with Crippen molar-refractivity contribution in [2.24, 2.45) is 5.73 Å². The van der Waals surface area contributed by atoms with E-state index >= 15 is 0 Å². The Kier molecular flexibility index (Phi) is 4.01. The monoisotopic (exact) mass is 284 g/mol. The molecule has 1 aromatic heterocycles. The van der Waals surface area contributed by atoms with Crippen molar-refractivity contribution in [3.8, 4) is 17.0 Å². The highest BCUT2D eigenvalue weighted by atomic mass is 16.5. The van der Waals surface area contributed by atoms with Gasteiger partial charge in [0.15, 0.2) is 0 Å². The molecular weight excluding hydrogens is 264 g/mol. The number of rotatable bonds is 4. The zero-order valence-electron chi connectivity index (χ0n) is 12.2. The number of benzene rings is 1. The molecule has 21 heavy (non-hydrogen) atoms. The lowest BCUT2D eigenvalue weighted by atomic mass is 10.1. The van der Waals surface area contributed by atoms with Crippen LogP contribution >= 0.6 is 0 Å². The van der Waals surface area contributed by atoms with Crippen molar-refractivity contribution in [2.45, 2.75) is 19.4 Å². The Morgan fingerprint density at radius 2 is 1.95 bits per heavy atom. The van der Waals surface area contributed by atoms with Crippen LogP contribution in [0.5, 0.6) is 5.75 Å². The average Bonchev–Trinajstić information content (AvgIpc) is 3.09. The van der Waals surface area contributed by atoms with E-state index in [1.54, 1.807) is 7.11 Å². The molecular formula is C16H20N4O. The van der Waals surface area contributed by atoms with Crippen LogP contribution in [0.25, 0.3) is 11.3 Å². The molecule has 110 valence electrons. The number of para-hydroxylation sites is 1. The number of hydrogen-bond acceptors (Lipinski definition) is 5. The molecule has 0 saturated carbocycles. The summed E-state index contributed by atoms with van der Waals surface area (Å²) in [6, 6.07) is 9.83. The van der Waals surface area contributed by atoms with E-state index in [-0.39, 0.29) is 0 Å². The molecule has 0 atom stereocenters. The average molecular weight is 284 g/mol. The standard InChI is InChI=1S/C16H20N4O/c1-21-15-7-3-2-6-13(15)14-10-12(11-17)18-16(19-14)20-8-4-5-9-20/h2-3,6-7,10H,4-5,8-9,11,17H2,1H3. The zero-order chi connectivity index (χ0) is 14.7. The van der Waals surface area contributed by atoms with E-state index in [0.29, 0.717) is 6.54 Å². The lowest BCUT2D eigenvalue weighted by Crippen LogP contribution is -2.21. The molecule has 0 unspecified atom stereocenters. The van der Waals surface area contributed by atoms with E-state index in [9.17, 15) is 0 Å². The first-order valence-corrected chi connectivity index (χ1v) is 7.28. The molecule has 2 aromatic rings. The van der Waals surface area contributed by atoms with Crippen molar-refractivity contribution in [1.29, 1.82) is 0 Å². The van der Waals surface area contributed by atoms with E-state index in [4.69, 9.17) is 15.5 Å². The Bertz CT molecular complexity index is 623. The molecule has 3 rings (SSSR count). The summed E-state index contributed by atoms with van der Waals surface area (Å²) in [5.41, 5.74) is 8.48. The molecule has 2 heterocycles. The van der Waals surface area contributed by atoms with Crippen LogP contribution in [0.4, 0.5) is 5.95 Å². The van der Waals surface area contributed by atoms with Gasteiger partial charge in [0.1, 0.15) is 5.75 Å². The van der Waals surface area contributed by atoms with Crippen molar-refractivity contribution in [3.05, 3.63) is 36.0 Å². The minimum atomic E-state index is 0.408. The van der Waals surface area contributed by atoms with Gasteiger partial charge in [0.25, 0.3) is 0 Å². The van der Waals surface area contributed by atoms with Crippen LogP contribution in [0, 0.1) is 0 Å². The van der Waals surface area contributed by atoms with E-state index in [1.807, 2.05) is 30.3 Å². The van der Waals surface area contributed by atoms with Crippen LogP contribution in [0.2, 0.25) is 0 Å². The normalized spacial score (nSPS) is 14.5. The molecule has 2 N–H and O–H groups in total. The van der Waals surface area contributed by atoms with E-state index in [0.717, 1.165) is 41.7 Å². The molecule has 1 aliphatic heterocycles. The first kappa shape index (κ1) is 13.8. The van der Waals surface area contributed by atoms with E-state index < -0.39 is 0 Å². The lowest BCUT2D eigenvalue weighted by molar-refractivity contribution is 0.416. The molecule has 1 fully saturated rings. The highest BCUT2D eigenvalue weighted by Crippen LogP contribution is 2.30. The molecule has 0 spiro atoms. The highest BCUT2D eigenvalue weighted by Gasteiger charge is 2.17. The van der Waals surface area contributed by atoms with Gasteiger partial charge < -0.3 is 15.4 Å². The quantitative estimate of drug-likeness (QED) is 0.932. The van der Waals surface area contributed by atoms with Crippen molar-refractivity contribution < 1.29 is 4.74 Å². The Labute approximate surface area is 124 Å². The van der Waals surface area contributed by atoms with Crippen LogP contribution in [0.1, 0.15) is 18.5 Å². The topological polar surface area (TPSA) is 64.3 Å². The first-order valence-electron chi connectivity index (χ1n) is 7.28. The zero-order valence-corrected chi connectivity index (χ0v) is 12.2. The number of aromatic nitrogens is 2. The van der Waals surface area contributed by atoms with Gasteiger partial charge in [-0.05, 0) is 31.0 Å². The summed E-state index contributed by atoms with van der Waals surface area (Å²) >= 11 is 0. The Balaban J connectivity index is 2.06. The second-order valence-corrected chi connectivity index (χ2v) is 5.14. The molecule has 1 saturated heterocycles.